The van der Waals surface area contributed by atoms with Gasteiger partial charge in [-0.05, 0) is 46.5 Å². The fourth-order valence-corrected chi connectivity index (χ4v) is 3.65. The van der Waals surface area contributed by atoms with E-state index in [4.69, 9.17) is 5.11 Å². The molecule has 166 valence electrons. The Labute approximate surface area is 188 Å². The molecule has 0 aliphatic rings. The van der Waals surface area contributed by atoms with Gasteiger partial charge in [-0.2, -0.15) is 4.73 Å². The number of carboxylic acid groups (broad SMARTS) is 1. The Hall–Kier alpha value is -4.59. The number of aromatic carboxylic acids is 1. The van der Waals surface area contributed by atoms with Crippen LogP contribution in [0.25, 0.3) is 21.9 Å². The lowest BCUT2D eigenvalue weighted by molar-refractivity contribution is 0.0688. The fourth-order valence-electron chi connectivity index (χ4n) is 3.65. The number of amides is 2. The summed E-state index contributed by atoms with van der Waals surface area (Å²) in [5.74, 6) is -1.44. The zero-order chi connectivity index (χ0) is 23.4. The van der Waals surface area contributed by atoms with Crippen LogP contribution in [0.2, 0.25) is 0 Å². The predicted octanol–water partition coefficient (Wildman–Crippen LogP) is 3.97. The monoisotopic (exact) mass is 443 g/mol. The first kappa shape index (κ1) is 21.6. The van der Waals surface area contributed by atoms with Crippen LogP contribution in [0.3, 0.4) is 0 Å². The molecule has 8 nitrogen and oxygen atoms in total. The van der Waals surface area contributed by atoms with Gasteiger partial charge in [0.05, 0.1) is 6.20 Å². The quantitative estimate of drug-likeness (QED) is 0.336. The number of nitrogens with one attached hydrogen (secondary N) is 2. The van der Waals surface area contributed by atoms with Crippen molar-refractivity contribution in [3.8, 4) is 11.1 Å². The molecule has 0 atom stereocenters. The van der Waals surface area contributed by atoms with Gasteiger partial charge in [-0.1, -0.05) is 54.6 Å². The Morgan fingerprint density at radius 1 is 0.909 bits per heavy atom. The summed E-state index contributed by atoms with van der Waals surface area (Å²) in [6.07, 6.45) is 1.79. The average Bonchev–Trinajstić information content (AvgIpc) is 2.81. The minimum atomic E-state index is -1.44. The first-order chi connectivity index (χ1) is 15.9. The largest absolute Gasteiger partial charge is 0.477 e. The third-order valence-electron chi connectivity index (χ3n) is 5.24. The van der Waals surface area contributed by atoms with Crippen molar-refractivity contribution in [2.45, 2.75) is 6.42 Å². The second-order valence-corrected chi connectivity index (χ2v) is 7.45. The van der Waals surface area contributed by atoms with Crippen LogP contribution in [0, 0.1) is 0 Å². The molecule has 2 amide bonds. The number of urea groups is 1. The van der Waals surface area contributed by atoms with Gasteiger partial charge < -0.3 is 20.9 Å². The van der Waals surface area contributed by atoms with E-state index in [0.29, 0.717) is 29.8 Å². The van der Waals surface area contributed by atoms with Crippen LogP contribution < -0.4 is 16.2 Å². The number of carbonyl (C=O) groups excluding carboxylic acids is 1. The first-order valence-electron chi connectivity index (χ1n) is 10.2. The predicted molar refractivity (Wildman–Crippen MR) is 125 cm³/mol. The Balaban J connectivity index is 1.43. The Morgan fingerprint density at radius 2 is 1.67 bits per heavy atom. The van der Waals surface area contributed by atoms with Gasteiger partial charge in [0.2, 0.25) is 0 Å². The second-order valence-electron chi connectivity index (χ2n) is 7.45. The highest BCUT2D eigenvalue weighted by atomic mass is 16.5. The highest BCUT2D eigenvalue weighted by molar-refractivity contribution is 5.91. The summed E-state index contributed by atoms with van der Waals surface area (Å²) >= 11 is 0. The molecule has 4 rings (SSSR count). The summed E-state index contributed by atoms with van der Waals surface area (Å²) < 4.78 is 0.235. The van der Waals surface area contributed by atoms with Gasteiger partial charge >= 0.3 is 12.0 Å². The normalized spacial score (nSPS) is 10.7. The zero-order valence-electron chi connectivity index (χ0n) is 17.5. The summed E-state index contributed by atoms with van der Waals surface area (Å²) in [5, 5.41) is 26.8. The minimum absolute atomic E-state index is 0.235. The average molecular weight is 443 g/mol. The summed E-state index contributed by atoms with van der Waals surface area (Å²) in [5.41, 5.74) is 0.875. The summed E-state index contributed by atoms with van der Waals surface area (Å²) in [7, 11) is 0. The van der Waals surface area contributed by atoms with Crippen molar-refractivity contribution < 1.29 is 19.9 Å². The molecular weight excluding hydrogens is 422 g/mol. The summed E-state index contributed by atoms with van der Waals surface area (Å²) in [4.78, 5) is 35.4. The number of carbonyl (C=O) groups is 2. The molecule has 4 N–H and O–H groups in total. The van der Waals surface area contributed by atoms with Crippen molar-refractivity contribution in [3.05, 3.63) is 100 Å². The van der Waals surface area contributed by atoms with E-state index >= 15 is 0 Å². The van der Waals surface area contributed by atoms with Crippen molar-refractivity contribution in [3.63, 3.8) is 0 Å². The zero-order valence-corrected chi connectivity index (χ0v) is 17.5. The molecular formula is C25H21N3O5. The van der Waals surface area contributed by atoms with Gasteiger partial charge in [0.25, 0.3) is 5.56 Å². The van der Waals surface area contributed by atoms with Crippen LogP contribution in [0.4, 0.5) is 10.5 Å². The van der Waals surface area contributed by atoms with Crippen molar-refractivity contribution in [1.82, 2.24) is 10.0 Å². The van der Waals surface area contributed by atoms with Crippen molar-refractivity contribution >= 4 is 28.5 Å². The molecule has 4 aromatic rings. The molecule has 1 aromatic heterocycles. The number of rotatable bonds is 6. The van der Waals surface area contributed by atoms with Crippen LogP contribution in [0.15, 0.2) is 83.8 Å². The number of aromatic nitrogens is 1. The molecule has 0 aliphatic heterocycles. The maximum atomic E-state index is 12.4. The lowest BCUT2D eigenvalue weighted by Crippen LogP contribution is -2.30. The summed E-state index contributed by atoms with van der Waals surface area (Å²) in [6.45, 7) is 0.441. The van der Waals surface area contributed by atoms with Gasteiger partial charge in [0, 0.05) is 17.8 Å². The molecule has 0 radical (unpaired) electrons. The number of anilines is 1. The van der Waals surface area contributed by atoms with E-state index in [1.165, 1.54) is 6.07 Å². The lowest BCUT2D eigenvalue weighted by Gasteiger charge is -2.11. The van der Waals surface area contributed by atoms with Gasteiger partial charge in [0.15, 0.2) is 0 Å². The van der Waals surface area contributed by atoms with Crippen LogP contribution in [-0.4, -0.2) is 33.6 Å². The standard InChI is InChI=1S/C25H21N3O5/c29-23-22(24(30)31)14-19(15-28(23)33)18-8-4-9-20(13-18)27-25(32)26-12-11-17-7-3-6-16-5-1-2-10-21(16)17/h1-10,13-15,33H,11-12H2,(H,30,31)(H2,26,27,32). The van der Waals surface area contributed by atoms with E-state index in [0.717, 1.165) is 22.5 Å². The number of fused-ring (bicyclic) bond motifs is 1. The smallest absolute Gasteiger partial charge is 0.341 e. The number of carboxylic acids is 1. The molecule has 0 saturated carbocycles. The molecule has 33 heavy (non-hydrogen) atoms. The first-order valence-corrected chi connectivity index (χ1v) is 10.2. The highest BCUT2D eigenvalue weighted by Crippen LogP contribution is 2.23. The molecule has 1 heterocycles. The summed E-state index contributed by atoms with van der Waals surface area (Å²) in [6, 6.07) is 21.6. The number of hydrogen-bond donors (Lipinski definition) is 4. The van der Waals surface area contributed by atoms with E-state index in [-0.39, 0.29) is 10.8 Å². The van der Waals surface area contributed by atoms with E-state index in [1.54, 1.807) is 24.3 Å². The number of hydrogen-bond acceptors (Lipinski definition) is 4. The minimum Gasteiger partial charge on any atom is -0.477 e. The third-order valence-corrected chi connectivity index (χ3v) is 5.24. The topological polar surface area (TPSA) is 121 Å². The van der Waals surface area contributed by atoms with E-state index < -0.39 is 17.1 Å². The van der Waals surface area contributed by atoms with Crippen LogP contribution in [0.1, 0.15) is 15.9 Å². The van der Waals surface area contributed by atoms with Gasteiger partial charge in [0.1, 0.15) is 5.56 Å². The Bertz CT molecular complexity index is 1410. The van der Waals surface area contributed by atoms with E-state index in [9.17, 15) is 19.6 Å². The molecule has 0 bridgehead atoms. The number of nitrogens with zero attached hydrogens (tertiary/aromatic N) is 1. The third kappa shape index (κ3) is 4.85. The molecule has 0 aliphatic carbocycles. The highest BCUT2D eigenvalue weighted by Gasteiger charge is 2.14. The molecule has 3 aromatic carbocycles. The Kier molecular flexibility index (Phi) is 6.08. The SMILES string of the molecule is O=C(NCCc1cccc2ccccc12)Nc1cccc(-c2cc(C(=O)O)c(=O)n(O)c2)c1. The molecule has 8 heteroatoms. The van der Waals surface area contributed by atoms with E-state index in [1.807, 2.05) is 36.4 Å². The van der Waals surface area contributed by atoms with Gasteiger partial charge in [-0.15, -0.1) is 0 Å². The van der Waals surface area contributed by atoms with Gasteiger partial charge in [-0.25, -0.2) is 9.59 Å². The van der Waals surface area contributed by atoms with Crippen molar-refractivity contribution in [2.75, 3.05) is 11.9 Å². The van der Waals surface area contributed by atoms with Crippen LogP contribution in [0.5, 0.6) is 0 Å². The maximum Gasteiger partial charge on any atom is 0.341 e. The van der Waals surface area contributed by atoms with Crippen molar-refractivity contribution in [1.29, 1.82) is 0 Å². The van der Waals surface area contributed by atoms with Gasteiger partial charge in [-0.3, -0.25) is 4.79 Å². The second kappa shape index (κ2) is 9.27. The number of pyridine rings is 1. The van der Waals surface area contributed by atoms with E-state index in [2.05, 4.69) is 16.7 Å². The maximum absolute atomic E-state index is 12.4. The van der Waals surface area contributed by atoms with Crippen LogP contribution >= 0.6 is 0 Å². The molecule has 0 fully saturated rings. The molecule has 0 saturated heterocycles. The Morgan fingerprint density at radius 3 is 2.48 bits per heavy atom. The number of benzene rings is 3. The molecule has 0 unspecified atom stereocenters. The lowest BCUT2D eigenvalue weighted by atomic mass is 10.0. The van der Waals surface area contributed by atoms with Crippen LogP contribution in [-0.2, 0) is 6.42 Å². The van der Waals surface area contributed by atoms with Crippen molar-refractivity contribution in [2.24, 2.45) is 0 Å². The fraction of sp³-hybridized carbons (Fsp3) is 0.0800. The molecule has 0 spiro atoms.